The summed E-state index contributed by atoms with van der Waals surface area (Å²) in [6.45, 7) is 3.55. The zero-order chi connectivity index (χ0) is 18.0. The number of nitrogens with one attached hydrogen (secondary N) is 1. The number of piperazine rings is 1. The molecular formula is C17H22N4O3S. The third-order valence-corrected chi connectivity index (χ3v) is 6.62. The molecule has 1 amide bonds. The predicted molar refractivity (Wildman–Crippen MR) is 92.1 cm³/mol. The van der Waals surface area contributed by atoms with Crippen LogP contribution in [-0.4, -0.2) is 61.8 Å². The number of nitrogens with zero attached hydrogens (tertiary/aromatic N) is 3. The SMILES string of the molecule is C[C@@H](C(=O)NC1CC1)N1CCN(S(=O)(=O)c2cccc(C#N)c2)CC1. The maximum atomic E-state index is 12.7. The van der Waals surface area contributed by atoms with Crippen LogP contribution < -0.4 is 5.32 Å². The Morgan fingerprint density at radius 3 is 2.56 bits per heavy atom. The molecule has 0 unspecified atom stereocenters. The number of benzene rings is 1. The fraction of sp³-hybridized carbons (Fsp3) is 0.529. The van der Waals surface area contributed by atoms with Crippen LogP contribution in [-0.2, 0) is 14.8 Å². The average Bonchev–Trinajstić information content (AvgIpc) is 3.45. The molecule has 2 aliphatic rings. The van der Waals surface area contributed by atoms with Crippen LogP contribution in [0.5, 0.6) is 0 Å². The number of sulfonamides is 1. The molecule has 1 N–H and O–H groups in total. The van der Waals surface area contributed by atoms with E-state index in [1.807, 2.05) is 17.9 Å². The van der Waals surface area contributed by atoms with E-state index in [0.717, 1.165) is 12.8 Å². The molecule has 0 bridgehead atoms. The van der Waals surface area contributed by atoms with Crippen molar-refractivity contribution >= 4 is 15.9 Å². The number of hydrogen-bond acceptors (Lipinski definition) is 5. The third-order valence-electron chi connectivity index (χ3n) is 4.73. The van der Waals surface area contributed by atoms with Crippen molar-refractivity contribution in [1.82, 2.24) is 14.5 Å². The van der Waals surface area contributed by atoms with E-state index < -0.39 is 10.0 Å². The van der Waals surface area contributed by atoms with E-state index in [2.05, 4.69) is 5.32 Å². The van der Waals surface area contributed by atoms with Crippen molar-refractivity contribution in [3.63, 3.8) is 0 Å². The van der Waals surface area contributed by atoms with E-state index in [-0.39, 0.29) is 16.8 Å². The van der Waals surface area contributed by atoms with Gasteiger partial charge in [0, 0.05) is 32.2 Å². The Kier molecular flexibility index (Phi) is 5.08. The minimum absolute atomic E-state index is 0.0144. The van der Waals surface area contributed by atoms with Crippen LogP contribution >= 0.6 is 0 Å². The highest BCUT2D eigenvalue weighted by atomic mass is 32.2. The van der Waals surface area contributed by atoms with Crippen LogP contribution in [0.25, 0.3) is 0 Å². The lowest BCUT2D eigenvalue weighted by Crippen LogP contribution is -2.55. The topological polar surface area (TPSA) is 93.5 Å². The summed E-state index contributed by atoms with van der Waals surface area (Å²) in [6, 6.07) is 8.09. The Labute approximate surface area is 148 Å². The standard InChI is InChI=1S/C17H22N4O3S/c1-13(17(22)19-15-5-6-15)20-7-9-21(10-8-20)25(23,24)16-4-2-3-14(11-16)12-18/h2-4,11,13,15H,5-10H2,1H3,(H,19,22)/t13-/m0/s1. The largest absolute Gasteiger partial charge is 0.352 e. The lowest BCUT2D eigenvalue weighted by molar-refractivity contribution is -0.126. The van der Waals surface area contributed by atoms with Gasteiger partial charge in [-0.05, 0) is 38.0 Å². The molecule has 1 saturated carbocycles. The molecule has 1 aromatic rings. The quantitative estimate of drug-likeness (QED) is 0.825. The second-order valence-electron chi connectivity index (χ2n) is 6.54. The molecule has 1 heterocycles. The van der Waals surface area contributed by atoms with Gasteiger partial charge in [-0.15, -0.1) is 0 Å². The lowest BCUT2D eigenvalue weighted by Gasteiger charge is -2.36. The third kappa shape index (κ3) is 4.00. The van der Waals surface area contributed by atoms with Crippen molar-refractivity contribution in [1.29, 1.82) is 5.26 Å². The van der Waals surface area contributed by atoms with E-state index in [0.29, 0.717) is 37.8 Å². The highest BCUT2D eigenvalue weighted by molar-refractivity contribution is 7.89. The van der Waals surface area contributed by atoms with Crippen LogP contribution in [0.1, 0.15) is 25.3 Å². The summed E-state index contributed by atoms with van der Waals surface area (Å²) in [5, 5.41) is 11.9. The number of amides is 1. The maximum Gasteiger partial charge on any atom is 0.243 e. The normalized spacial score (nSPS) is 20.6. The molecule has 0 radical (unpaired) electrons. The monoisotopic (exact) mass is 362 g/mol. The summed E-state index contributed by atoms with van der Waals surface area (Å²) < 4.78 is 26.9. The van der Waals surface area contributed by atoms with Crippen LogP contribution in [0, 0.1) is 11.3 Å². The fourth-order valence-electron chi connectivity index (χ4n) is 2.92. The van der Waals surface area contributed by atoms with Gasteiger partial charge < -0.3 is 5.32 Å². The van der Waals surface area contributed by atoms with E-state index in [1.54, 1.807) is 12.1 Å². The summed E-state index contributed by atoms with van der Waals surface area (Å²) in [4.78, 5) is 14.3. The summed E-state index contributed by atoms with van der Waals surface area (Å²) in [6.07, 6.45) is 2.10. The molecule has 1 aliphatic heterocycles. The van der Waals surface area contributed by atoms with Gasteiger partial charge in [-0.3, -0.25) is 9.69 Å². The van der Waals surface area contributed by atoms with Crippen LogP contribution in [0.2, 0.25) is 0 Å². The van der Waals surface area contributed by atoms with Gasteiger partial charge in [0.2, 0.25) is 15.9 Å². The first-order chi connectivity index (χ1) is 11.9. The molecule has 25 heavy (non-hydrogen) atoms. The van der Waals surface area contributed by atoms with Crippen LogP contribution in [0.15, 0.2) is 29.2 Å². The predicted octanol–water partition coefficient (Wildman–Crippen LogP) is 0.532. The highest BCUT2D eigenvalue weighted by Gasteiger charge is 2.33. The molecule has 1 aromatic carbocycles. The van der Waals surface area contributed by atoms with Crippen molar-refractivity contribution in [2.45, 2.75) is 36.7 Å². The summed E-state index contributed by atoms with van der Waals surface area (Å²) in [7, 11) is -3.62. The molecule has 0 spiro atoms. The van der Waals surface area contributed by atoms with Gasteiger partial charge in [-0.25, -0.2) is 8.42 Å². The Morgan fingerprint density at radius 2 is 1.96 bits per heavy atom. The Balaban J connectivity index is 1.62. The average molecular weight is 362 g/mol. The fourth-order valence-corrected chi connectivity index (χ4v) is 4.39. The van der Waals surface area contributed by atoms with Gasteiger partial charge in [-0.1, -0.05) is 6.07 Å². The zero-order valence-electron chi connectivity index (χ0n) is 14.2. The number of carbonyl (C=O) groups excluding carboxylic acids is 1. The van der Waals surface area contributed by atoms with Crippen molar-refractivity contribution < 1.29 is 13.2 Å². The van der Waals surface area contributed by atoms with Gasteiger partial charge in [0.25, 0.3) is 0 Å². The Bertz CT molecular complexity index is 790. The van der Waals surface area contributed by atoms with Crippen molar-refractivity contribution in [3.05, 3.63) is 29.8 Å². The number of hydrogen-bond donors (Lipinski definition) is 1. The molecule has 3 rings (SSSR count). The Hall–Kier alpha value is -1.95. The molecule has 1 aliphatic carbocycles. The first-order valence-electron chi connectivity index (χ1n) is 8.46. The second kappa shape index (κ2) is 7.12. The zero-order valence-corrected chi connectivity index (χ0v) is 15.0. The molecule has 2 fully saturated rings. The van der Waals surface area contributed by atoms with Crippen LogP contribution in [0.3, 0.4) is 0 Å². The van der Waals surface area contributed by atoms with E-state index in [4.69, 9.17) is 5.26 Å². The van der Waals surface area contributed by atoms with Gasteiger partial charge in [0.15, 0.2) is 0 Å². The van der Waals surface area contributed by atoms with Crippen LogP contribution in [0.4, 0.5) is 0 Å². The molecule has 1 saturated heterocycles. The van der Waals surface area contributed by atoms with Gasteiger partial charge in [0.05, 0.1) is 22.6 Å². The first kappa shape index (κ1) is 17.9. The molecular weight excluding hydrogens is 340 g/mol. The van der Waals surface area contributed by atoms with E-state index in [1.165, 1.54) is 16.4 Å². The van der Waals surface area contributed by atoms with E-state index >= 15 is 0 Å². The molecule has 7 nitrogen and oxygen atoms in total. The number of rotatable bonds is 5. The minimum atomic E-state index is -3.62. The van der Waals surface area contributed by atoms with Crippen molar-refractivity contribution in [2.24, 2.45) is 0 Å². The number of nitriles is 1. The Morgan fingerprint density at radius 1 is 1.28 bits per heavy atom. The van der Waals surface area contributed by atoms with Crippen molar-refractivity contribution in [3.8, 4) is 6.07 Å². The second-order valence-corrected chi connectivity index (χ2v) is 8.48. The summed E-state index contributed by atoms with van der Waals surface area (Å²) in [5.41, 5.74) is 0.324. The first-order valence-corrected chi connectivity index (χ1v) is 9.90. The smallest absolute Gasteiger partial charge is 0.243 e. The van der Waals surface area contributed by atoms with E-state index in [9.17, 15) is 13.2 Å². The highest BCUT2D eigenvalue weighted by Crippen LogP contribution is 2.21. The molecule has 0 aromatic heterocycles. The molecule has 1 atom stereocenters. The van der Waals surface area contributed by atoms with Crippen molar-refractivity contribution in [2.75, 3.05) is 26.2 Å². The van der Waals surface area contributed by atoms with Gasteiger partial charge in [0.1, 0.15) is 0 Å². The molecule has 134 valence electrons. The summed E-state index contributed by atoms with van der Waals surface area (Å²) in [5.74, 6) is 0.0144. The minimum Gasteiger partial charge on any atom is -0.352 e. The lowest BCUT2D eigenvalue weighted by atomic mass is 10.2. The number of carbonyl (C=O) groups is 1. The summed E-state index contributed by atoms with van der Waals surface area (Å²) >= 11 is 0. The van der Waals surface area contributed by atoms with Gasteiger partial charge in [-0.2, -0.15) is 9.57 Å². The van der Waals surface area contributed by atoms with Gasteiger partial charge >= 0.3 is 0 Å². The maximum absolute atomic E-state index is 12.7. The molecule has 8 heteroatoms.